The number of nitrogen functional groups attached to an aromatic ring is 1. The SMILES string of the molecule is Cc1ccc(N)c(C(=O)Nc2c(C)n[nH]c2C)c1. The van der Waals surface area contributed by atoms with Crippen LogP contribution in [0.2, 0.25) is 0 Å². The lowest BCUT2D eigenvalue weighted by atomic mass is 10.1. The van der Waals surface area contributed by atoms with Crippen molar-refractivity contribution in [2.45, 2.75) is 20.8 Å². The van der Waals surface area contributed by atoms with Crippen LogP contribution in [0.1, 0.15) is 27.3 Å². The Hall–Kier alpha value is -2.30. The van der Waals surface area contributed by atoms with Crippen molar-refractivity contribution < 1.29 is 4.79 Å². The Balaban J connectivity index is 2.30. The number of aromatic amines is 1. The number of rotatable bonds is 2. The minimum atomic E-state index is -0.219. The first-order valence-electron chi connectivity index (χ1n) is 5.68. The van der Waals surface area contributed by atoms with Crippen molar-refractivity contribution in [2.75, 3.05) is 11.1 Å². The van der Waals surface area contributed by atoms with Crippen LogP contribution < -0.4 is 11.1 Å². The van der Waals surface area contributed by atoms with Gasteiger partial charge >= 0.3 is 0 Å². The minimum Gasteiger partial charge on any atom is -0.398 e. The molecule has 1 amide bonds. The van der Waals surface area contributed by atoms with E-state index in [0.29, 0.717) is 16.9 Å². The lowest BCUT2D eigenvalue weighted by molar-refractivity contribution is 0.102. The molecule has 1 heterocycles. The molecule has 4 N–H and O–H groups in total. The topological polar surface area (TPSA) is 83.8 Å². The molecule has 1 aromatic heterocycles. The molecule has 0 unspecified atom stereocenters. The Morgan fingerprint density at radius 2 is 2.06 bits per heavy atom. The van der Waals surface area contributed by atoms with Crippen molar-refractivity contribution in [1.29, 1.82) is 0 Å². The third-order valence-electron chi connectivity index (χ3n) is 2.82. The number of aryl methyl sites for hydroxylation is 3. The summed E-state index contributed by atoms with van der Waals surface area (Å²) in [6.07, 6.45) is 0. The summed E-state index contributed by atoms with van der Waals surface area (Å²) in [5.41, 5.74) is 10.0. The van der Waals surface area contributed by atoms with Crippen LogP contribution in [0.25, 0.3) is 0 Å². The smallest absolute Gasteiger partial charge is 0.257 e. The van der Waals surface area contributed by atoms with Gasteiger partial charge in [0.05, 0.1) is 22.6 Å². The van der Waals surface area contributed by atoms with Crippen LogP contribution in [0, 0.1) is 20.8 Å². The zero-order chi connectivity index (χ0) is 13.3. The third-order valence-corrected chi connectivity index (χ3v) is 2.82. The van der Waals surface area contributed by atoms with E-state index in [1.54, 1.807) is 12.1 Å². The molecule has 0 bridgehead atoms. The van der Waals surface area contributed by atoms with Crippen LogP contribution in [0.4, 0.5) is 11.4 Å². The molecule has 2 rings (SSSR count). The number of nitrogens with one attached hydrogen (secondary N) is 2. The molecule has 0 spiro atoms. The van der Waals surface area contributed by atoms with Gasteiger partial charge < -0.3 is 11.1 Å². The molecule has 0 aliphatic carbocycles. The van der Waals surface area contributed by atoms with Crippen molar-refractivity contribution in [3.8, 4) is 0 Å². The lowest BCUT2D eigenvalue weighted by Crippen LogP contribution is -2.15. The summed E-state index contributed by atoms with van der Waals surface area (Å²) in [5.74, 6) is -0.219. The van der Waals surface area contributed by atoms with E-state index in [2.05, 4.69) is 15.5 Å². The van der Waals surface area contributed by atoms with Crippen LogP contribution in [0.15, 0.2) is 18.2 Å². The van der Waals surface area contributed by atoms with Crippen LogP contribution in [-0.2, 0) is 0 Å². The van der Waals surface area contributed by atoms with Crippen LogP contribution in [0.5, 0.6) is 0 Å². The number of aromatic nitrogens is 2. The highest BCUT2D eigenvalue weighted by Gasteiger charge is 2.14. The van der Waals surface area contributed by atoms with Crippen molar-refractivity contribution in [3.63, 3.8) is 0 Å². The molecular weight excluding hydrogens is 228 g/mol. The van der Waals surface area contributed by atoms with Gasteiger partial charge in [-0.05, 0) is 32.9 Å². The second-order valence-electron chi connectivity index (χ2n) is 4.35. The Kier molecular flexibility index (Phi) is 3.06. The zero-order valence-electron chi connectivity index (χ0n) is 10.7. The van der Waals surface area contributed by atoms with E-state index in [4.69, 9.17) is 5.73 Å². The van der Waals surface area contributed by atoms with E-state index in [0.717, 1.165) is 17.0 Å². The first kappa shape index (κ1) is 12.2. The van der Waals surface area contributed by atoms with E-state index in [1.165, 1.54) is 0 Å². The Morgan fingerprint density at radius 1 is 1.33 bits per heavy atom. The second kappa shape index (κ2) is 4.52. The Bertz CT molecular complexity index is 582. The lowest BCUT2D eigenvalue weighted by Gasteiger charge is -2.08. The molecule has 5 nitrogen and oxygen atoms in total. The summed E-state index contributed by atoms with van der Waals surface area (Å²) in [4.78, 5) is 12.2. The number of carbonyl (C=O) groups is 1. The number of nitrogens with zero attached hydrogens (tertiary/aromatic N) is 1. The average molecular weight is 244 g/mol. The molecule has 0 aliphatic rings. The van der Waals surface area contributed by atoms with Gasteiger partial charge in [-0.25, -0.2) is 0 Å². The summed E-state index contributed by atoms with van der Waals surface area (Å²) >= 11 is 0. The average Bonchev–Trinajstić information content (AvgIpc) is 2.64. The molecule has 0 atom stereocenters. The third kappa shape index (κ3) is 2.20. The molecule has 0 fully saturated rings. The Labute approximate surface area is 105 Å². The molecule has 94 valence electrons. The molecule has 0 saturated carbocycles. The van der Waals surface area contributed by atoms with E-state index in [-0.39, 0.29) is 5.91 Å². The molecule has 5 heteroatoms. The molecule has 1 aromatic carbocycles. The minimum absolute atomic E-state index is 0.219. The second-order valence-corrected chi connectivity index (χ2v) is 4.35. The number of amides is 1. The number of hydrogen-bond acceptors (Lipinski definition) is 3. The highest BCUT2D eigenvalue weighted by Crippen LogP contribution is 2.20. The molecule has 2 aromatic rings. The predicted molar refractivity (Wildman–Crippen MR) is 71.6 cm³/mol. The van der Waals surface area contributed by atoms with Gasteiger partial charge in [0.2, 0.25) is 0 Å². The first-order valence-corrected chi connectivity index (χ1v) is 5.68. The first-order chi connectivity index (χ1) is 8.49. The van der Waals surface area contributed by atoms with Gasteiger partial charge in [-0.15, -0.1) is 0 Å². The van der Waals surface area contributed by atoms with E-state index < -0.39 is 0 Å². The van der Waals surface area contributed by atoms with Gasteiger partial charge in [0, 0.05) is 5.69 Å². The standard InChI is InChI=1S/C13H16N4O/c1-7-4-5-11(14)10(6-7)13(18)15-12-8(2)16-17-9(12)3/h4-6H,14H2,1-3H3,(H,15,18)(H,16,17). The van der Waals surface area contributed by atoms with Crippen LogP contribution in [0.3, 0.4) is 0 Å². The number of H-pyrrole nitrogens is 1. The van der Waals surface area contributed by atoms with Crippen molar-refractivity contribution in [1.82, 2.24) is 10.2 Å². The molecule has 0 radical (unpaired) electrons. The highest BCUT2D eigenvalue weighted by molar-refractivity contribution is 6.08. The normalized spacial score (nSPS) is 10.4. The van der Waals surface area contributed by atoms with Crippen molar-refractivity contribution >= 4 is 17.3 Å². The van der Waals surface area contributed by atoms with Crippen LogP contribution in [-0.4, -0.2) is 16.1 Å². The van der Waals surface area contributed by atoms with E-state index >= 15 is 0 Å². The number of hydrogen-bond donors (Lipinski definition) is 3. The van der Waals surface area contributed by atoms with Crippen LogP contribution >= 0.6 is 0 Å². The zero-order valence-corrected chi connectivity index (χ0v) is 10.7. The predicted octanol–water partition coefficient (Wildman–Crippen LogP) is 2.17. The number of nitrogens with two attached hydrogens (primary N) is 1. The quantitative estimate of drug-likeness (QED) is 0.708. The van der Waals surface area contributed by atoms with Gasteiger partial charge in [0.1, 0.15) is 0 Å². The van der Waals surface area contributed by atoms with Gasteiger partial charge in [-0.1, -0.05) is 11.6 Å². The fraction of sp³-hybridized carbons (Fsp3) is 0.231. The van der Waals surface area contributed by atoms with Crippen molar-refractivity contribution in [3.05, 3.63) is 40.7 Å². The maximum absolute atomic E-state index is 12.2. The fourth-order valence-corrected chi connectivity index (χ4v) is 1.78. The summed E-state index contributed by atoms with van der Waals surface area (Å²) in [6.45, 7) is 5.61. The molecular formula is C13H16N4O. The molecule has 18 heavy (non-hydrogen) atoms. The monoisotopic (exact) mass is 244 g/mol. The molecule has 0 aliphatic heterocycles. The number of anilines is 2. The van der Waals surface area contributed by atoms with Gasteiger partial charge in [0.15, 0.2) is 0 Å². The molecule has 0 saturated heterocycles. The largest absolute Gasteiger partial charge is 0.398 e. The number of benzene rings is 1. The van der Waals surface area contributed by atoms with E-state index in [9.17, 15) is 4.79 Å². The van der Waals surface area contributed by atoms with Crippen molar-refractivity contribution in [2.24, 2.45) is 0 Å². The summed E-state index contributed by atoms with van der Waals surface area (Å²) in [6, 6.07) is 5.38. The van der Waals surface area contributed by atoms with Gasteiger partial charge in [-0.3, -0.25) is 9.89 Å². The summed E-state index contributed by atoms with van der Waals surface area (Å²) < 4.78 is 0. The summed E-state index contributed by atoms with van der Waals surface area (Å²) in [5, 5.41) is 9.69. The van der Waals surface area contributed by atoms with Gasteiger partial charge in [0.25, 0.3) is 5.91 Å². The Morgan fingerprint density at radius 3 is 2.67 bits per heavy atom. The van der Waals surface area contributed by atoms with Gasteiger partial charge in [-0.2, -0.15) is 5.10 Å². The maximum atomic E-state index is 12.2. The fourth-order valence-electron chi connectivity index (χ4n) is 1.78. The number of carbonyl (C=O) groups excluding carboxylic acids is 1. The van der Waals surface area contributed by atoms with E-state index in [1.807, 2.05) is 26.8 Å². The highest BCUT2D eigenvalue weighted by atomic mass is 16.1. The maximum Gasteiger partial charge on any atom is 0.257 e. The summed E-state index contributed by atoms with van der Waals surface area (Å²) in [7, 11) is 0.